The number of rotatable bonds is 4. The minimum absolute atomic E-state index is 1.03. The summed E-state index contributed by atoms with van der Waals surface area (Å²) in [5, 5.41) is 0. The van der Waals surface area contributed by atoms with Crippen LogP contribution in [-0.2, 0) is 19.3 Å². The van der Waals surface area contributed by atoms with Gasteiger partial charge in [0.25, 0.3) is 0 Å². The standard InChI is InChI=1S/C25H24/c1-3-18-10-8-9-13-23(18)25-19(4-2)14-15-21-16-22(17-24(21)25)20-11-6-5-7-12-20/h5-15,17H,3-4,16H2,1-2H3. The fourth-order valence-electron chi connectivity index (χ4n) is 3.98. The molecule has 25 heavy (non-hydrogen) atoms. The maximum absolute atomic E-state index is 2.42. The SMILES string of the molecule is CCc1ccccc1-c1c(CC)ccc2c1C=C(c1ccccc1)C2. The van der Waals surface area contributed by atoms with Crippen molar-refractivity contribution >= 4 is 11.6 Å². The maximum atomic E-state index is 2.42. The van der Waals surface area contributed by atoms with Gasteiger partial charge in [0.2, 0.25) is 0 Å². The van der Waals surface area contributed by atoms with Crippen LogP contribution in [0.5, 0.6) is 0 Å². The lowest BCUT2D eigenvalue weighted by molar-refractivity contribution is 1.11. The first kappa shape index (κ1) is 15.9. The van der Waals surface area contributed by atoms with Crippen LogP contribution in [0.4, 0.5) is 0 Å². The molecule has 1 aliphatic carbocycles. The second-order valence-corrected chi connectivity index (χ2v) is 6.75. The van der Waals surface area contributed by atoms with E-state index in [1.54, 1.807) is 0 Å². The molecule has 0 unspecified atom stereocenters. The van der Waals surface area contributed by atoms with E-state index in [-0.39, 0.29) is 0 Å². The number of hydrogen-bond donors (Lipinski definition) is 0. The van der Waals surface area contributed by atoms with Crippen LogP contribution in [0, 0.1) is 0 Å². The molecular formula is C25H24. The lowest BCUT2D eigenvalue weighted by atomic mass is 9.88. The molecule has 0 nitrogen and oxygen atoms in total. The van der Waals surface area contributed by atoms with Gasteiger partial charge in [-0.3, -0.25) is 0 Å². The Hall–Kier alpha value is -2.60. The minimum Gasteiger partial charge on any atom is -0.0622 e. The Bertz CT molecular complexity index is 930. The molecule has 0 saturated carbocycles. The van der Waals surface area contributed by atoms with Crippen LogP contribution in [0.2, 0.25) is 0 Å². The van der Waals surface area contributed by atoms with Gasteiger partial charge in [-0.1, -0.05) is 80.6 Å². The van der Waals surface area contributed by atoms with Crippen molar-refractivity contribution in [3.05, 3.63) is 94.5 Å². The summed E-state index contributed by atoms with van der Waals surface area (Å²) in [7, 11) is 0. The Morgan fingerprint density at radius 1 is 0.720 bits per heavy atom. The molecule has 4 rings (SSSR count). The number of allylic oxidation sites excluding steroid dienone is 1. The summed E-state index contributed by atoms with van der Waals surface area (Å²) in [6.07, 6.45) is 5.59. The van der Waals surface area contributed by atoms with Crippen LogP contribution in [0.3, 0.4) is 0 Å². The van der Waals surface area contributed by atoms with Gasteiger partial charge in [-0.05, 0) is 69.9 Å². The minimum atomic E-state index is 1.03. The van der Waals surface area contributed by atoms with Crippen molar-refractivity contribution in [1.82, 2.24) is 0 Å². The third-order valence-electron chi connectivity index (χ3n) is 5.31. The lowest BCUT2D eigenvalue weighted by Crippen LogP contribution is -1.97. The van der Waals surface area contributed by atoms with E-state index in [0.29, 0.717) is 0 Å². The Labute approximate surface area is 150 Å². The van der Waals surface area contributed by atoms with Gasteiger partial charge < -0.3 is 0 Å². The second kappa shape index (κ2) is 6.72. The van der Waals surface area contributed by atoms with Crippen molar-refractivity contribution in [3.8, 4) is 11.1 Å². The van der Waals surface area contributed by atoms with Crippen LogP contribution >= 0.6 is 0 Å². The van der Waals surface area contributed by atoms with E-state index in [1.165, 1.54) is 44.5 Å². The molecule has 1 aliphatic rings. The number of benzene rings is 3. The molecule has 0 aliphatic heterocycles. The van der Waals surface area contributed by atoms with Crippen molar-refractivity contribution in [2.75, 3.05) is 0 Å². The van der Waals surface area contributed by atoms with Gasteiger partial charge in [0.15, 0.2) is 0 Å². The quantitative estimate of drug-likeness (QED) is 0.509. The number of hydrogen-bond acceptors (Lipinski definition) is 0. The molecule has 0 N–H and O–H groups in total. The van der Waals surface area contributed by atoms with E-state index in [1.807, 2.05) is 0 Å². The molecule has 0 saturated heterocycles. The maximum Gasteiger partial charge on any atom is -0.00134 e. The van der Waals surface area contributed by atoms with Crippen LogP contribution in [0.1, 0.15) is 41.7 Å². The van der Waals surface area contributed by atoms with Gasteiger partial charge in [0, 0.05) is 0 Å². The van der Waals surface area contributed by atoms with Crippen molar-refractivity contribution in [1.29, 1.82) is 0 Å². The average molecular weight is 324 g/mol. The zero-order chi connectivity index (χ0) is 17.2. The van der Waals surface area contributed by atoms with E-state index in [4.69, 9.17) is 0 Å². The first-order valence-electron chi connectivity index (χ1n) is 9.30. The monoisotopic (exact) mass is 324 g/mol. The van der Waals surface area contributed by atoms with Gasteiger partial charge in [0.05, 0.1) is 0 Å². The van der Waals surface area contributed by atoms with Gasteiger partial charge in [-0.2, -0.15) is 0 Å². The predicted molar refractivity (Wildman–Crippen MR) is 109 cm³/mol. The second-order valence-electron chi connectivity index (χ2n) is 6.75. The molecule has 0 heterocycles. The van der Waals surface area contributed by atoms with Crippen molar-refractivity contribution in [3.63, 3.8) is 0 Å². The van der Waals surface area contributed by atoms with E-state index in [0.717, 1.165) is 19.3 Å². The fourth-order valence-corrected chi connectivity index (χ4v) is 3.98. The molecule has 0 heteroatoms. The Morgan fingerprint density at radius 3 is 2.20 bits per heavy atom. The zero-order valence-electron chi connectivity index (χ0n) is 15.0. The summed E-state index contributed by atoms with van der Waals surface area (Å²) in [5.74, 6) is 0. The molecule has 0 spiro atoms. The smallest absolute Gasteiger partial charge is 0.00134 e. The van der Waals surface area contributed by atoms with Crippen LogP contribution in [0.25, 0.3) is 22.8 Å². The largest absolute Gasteiger partial charge is 0.0622 e. The summed E-state index contributed by atoms with van der Waals surface area (Å²) >= 11 is 0. The summed E-state index contributed by atoms with van der Waals surface area (Å²) in [6, 6.07) is 24.3. The predicted octanol–water partition coefficient (Wildman–Crippen LogP) is 6.58. The van der Waals surface area contributed by atoms with E-state index in [2.05, 4.69) is 86.7 Å². The highest BCUT2D eigenvalue weighted by Gasteiger charge is 2.21. The van der Waals surface area contributed by atoms with Gasteiger partial charge in [-0.25, -0.2) is 0 Å². The van der Waals surface area contributed by atoms with E-state index < -0.39 is 0 Å². The van der Waals surface area contributed by atoms with Crippen LogP contribution < -0.4 is 0 Å². The lowest BCUT2D eigenvalue weighted by Gasteiger charge is -2.16. The molecular weight excluding hydrogens is 300 g/mol. The molecule has 0 bridgehead atoms. The highest BCUT2D eigenvalue weighted by atomic mass is 14.2. The Kier molecular flexibility index (Phi) is 4.28. The van der Waals surface area contributed by atoms with Crippen LogP contribution in [0.15, 0.2) is 66.7 Å². The van der Waals surface area contributed by atoms with Gasteiger partial charge in [-0.15, -0.1) is 0 Å². The van der Waals surface area contributed by atoms with Crippen molar-refractivity contribution < 1.29 is 0 Å². The first-order valence-corrected chi connectivity index (χ1v) is 9.30. The van der Waals surface area contributed by atoms with Gasteiger partial charge in [0.1, 0.15) is 0 Å². The van der Waals surface area contributed by atoms with E-state index in [9.17, 15) is 0 Å². The third kappa shape index (κ3) is 2.82. The summed E-state index contributed by atoms with van der Waals surface area (Å²) in [4.78, 5) is 0. The highest BCUT2D eigenvalue weighted by molar-refractivity contribution is 5.95. The number of aryl methyl sites for hydroxylation is 2. The van der Waals surface area contributed by atoms with Crippen LogP contribution in [-0.4, -0.2) is 0 Å². The zero-order valence-corrected chi connectivity index (χ0v) is 15.0. The molecule has 3 aromatic carbocycles. The average Bonchev–Trinajstić information content (AvgIpc) is 3.12. The molecule has 0 radical (unpaired) electrons. The first-order chi connectivity index (χ1) is 12.3. The van der Waals surface area contributed by atoms with E-state index >= 15 is 0 Å². The molecule has 3 aromatic rings. The van der Waals surface area contributed by atoms with Crippen molar-refractivity contribution in [2.24, 2.45) is 0 Å². The molecule has 0 fully saturated rings. The summed E-state index contributed by atoms with van der Waals surface area (Å²) in [5.41, 5.74) is 11.4. The molecule has 0 atom stereocenters. The summed E-state index contributed by atoms with van der Waals surface area (Å²) in [6.45, 7) is 4.51. The number of fused-ring (bicyclic) bond motifs is 1. The topological polar surface area (TPSA) is 0 Å². The normalized spacial score (nSPS) is 12.8. The molecule has 0 amide bonds. The fraction of sp³-hybridized carbons (Fsp3) is 0.200. The Balaban J connectivity index is 1.92. The highest BCUT2D eigenvalue weighted by Crippen LogP contribution is 2.40. The Morgan fingerprint density at radius 2 is 1.44 bits per heavy atom. The summed E-state index contributed by atoms with van der Waals surface area (Å²) < 4.78 is 0. The third-order valence-corrected chi connectivity index (χ3v) is 5.31. The molecule has 124 valence electrons. The van der Waals surface area contributed by atoms with Gasteiger partial charge >= 0.3 is 0 Å². The van der Waals surface area contributed by atoms with Crippen molar-refractivity contribution in [2.45, 2.75) is 33.1 Å². The molecule has 0 aromatic heterocycles.